The summed E-state index contributed by atoms with van der Waals surface area (Å²) in [6.45, 7) is 0.410. The Balaban J connectivity index is 1.75. The van der Waals surface area contributed by atoms with Crippen molar-refractivity contribution in [3.05, 3.63) is 35.1 Å². The van der Waals surface area contributed by atoms with E-state index in [1.165, 1.54) is 6.07 Å². The summed E-state index contributed by atoms with van der Waals surface area (Å²) in [5.41, 5.74) is 1.10. The summed E-state index contributed by atoms with van der Waals surface area (Å²) in [5, 5.41) is 11.8. The maximum atomic E-state index is 13.5. The van der Waals surface area contributed by atoms with Crippen LogP contribution in [-0.4, -0.2) is 41.3 Å². The van der Waals surface area contributed by atoms with Gasteiger partial charge in [0.15, 0.2) is 0 Å². The van der Waals surface area contributed by atoms with E-state index in [4.69, 9.17) is 5.11 Å². The zero-order chi connectivity index (χ0) is 19.9. The standard InChI is InChI=1S/C18H20F4N2O3/c1-9-6-11(4-5-14(9)19)15(10-2-3-10)23-17(27)24-7-12(16(25)26)13(8-24)18(20,21)22/h4-6,10,12-13,15H,2-3,7-8H2,1H3,(H,23,27)(H,25,26)/t12-,13-,15?/m1/s1. The highest BCUT2D eigenvalue weighted by atomic mass is 19.4. The van der Waals surface area contributed by atoms with Gasteiger partial charge in [-0.3, -0.25) is 4.79 Å². The van der Waals surface area contributed by atoms with Gasteiger partial charge in [0.1, 0.15) is 5.82 Å². The van der Waals surface area contributed by atoms with Crippen molar-refractivity contribution in [2.75, 3.05) is 13.1 Å². The number of carbonyl (C=O) groups excluding carboxylic acids is 1. The molecule has 3 atom stereocenters. The first-order chi connectivity index (χ1) is 12.6. The van der Waals surface area contributed by atoms with Gasteiger partial charge in [0.05, 0.1) is 17.9 Å². The molecule has 0 bridgehead atoms. The van der Waals surface area contributed by atoms with Crippen molar-refractivity contribution in [2.24, 2.45) is 17.8 Å². The topological polar surface area (TPSA) is 69.6 Å². The Morgan fingerprint density at radius 2 is 1.93 bits per heavy atom. The number of carboxylic acid groups (broad SMARTS) is 1. The number of alkyl halides is 3. The number of urea groups is 1. The molecule has 148 valence electrons. The molecule has 5 nitrogen and oxygen atoms in total. The average Bonchev–Trinajstić information content (AvgIpc) is 3.29. The SMILES string of the molecule is Cc1cc(C(NC(=O)N2C[C@@H](C(F)(F)F)[C@H](C(=O)O)C2)C2CC2)ccc1F. The number of hydrogen-bond donors (Lipinski definition) is 2. The van der Waals surface area contributed by atoms with Crippen LogP contribution in [0.2, 0.25) is 0 Å². The van der Waals surface area contributed by atoms with Crippen LogP contribution in [0.25, 0.3) is 0 Å². The first-order valence-corrected chi connectivity index (χ1v) is 8.69. The van der Waals surface area contributed by atoms with E-state index in [9.17, 15) is 27.2 Å². The highest BCUT2D eigenvalue weighted by Gasteiger charge is 2.53. The summed E-state index contributed by atoms with van der Waals surface area (Å²) in [5.74, 6) is -5.58. The van der Waals surface area contributed by atoms with Gasteiger partial charge in [-0.25, -0.2) is 9.18 Å². The normalized spacial score (nSPS) is 24.0. The number of amides is 2. The minimum atomic E-state index is -4.69. The highest BCUT2D eigenvalue weighted by molar-refractivity contribution is 5.78. The minimum absolute atomic E-state index is 0.134. The van der Waals surface area contributed by atoms with Gasteiger partial charge in [-0.1, -0.05) is 12.1 Å². The Bertz CT molecular complexity index is 749. The lowest BCUT2D eigenvalue weighted by Gasteiger charge is -2.24. The van der Waals surface area contributed by atoms with Crippen LogP contribution in [0.5, 0.6) is 0 Å². The fraction of sp³-hybridized carbons (Fsp3) is 0.556. The molecule has 1 saturated carbocycles. The van der Waals surface area contributed by atoms with E-state index in [0.717, 1.165) is 17.7 Å². The molecule has 1 heterocycles. The Labute approximate surface area is 153 Å². The second-order valence-electron chi connectivity index (χ2n) is 7.27. The maximum absolute atomic E-state index is 13.5. The van der Waals surface area contributed by atoms with Gasteiger partial charge in [-0.2, -0.15) is 13.2 Å². The van der Waals surface area contributed by atoms with Gasteiger partial charge >= 0.3 is 18.2 Å². The van der Waals surface area contributed by atoms with Gasteiger partial charge in [-0.15, -0.1) is 0 Å². The fourth-order valence-corrected chi connectivity index (χ4v) is 3.54. The van der Waals surface area contributed by atoms with Crippen molar-refractivity contribution in [2.45, 2.75) is 32.0 Å². The molecule has 0 spiro atoms. The number of nitrogens with one attached hydrogen (secondary N) is 1. The molecule has 0 radical (unpaired) electrons. The lowest BCUT2D eigenvalue weighted by Crippen LogP contribution is -2.42. The van der Waals surface area contributed by atoms with E-state index in [1.807, 2.05) is 0 Å². The molecule has 1 saturated heterocycles. The van der Waals surface area contributed by atoms with Gasteiger partial charge in [-0.05, 0) is 42.9 Å². The molecule has 1 aromatic rings. The molecule has 2 fully saturated rings. The van der Waals surface area contributed by atoms with Crippen LogP contribution < -0.4 is 5.32 Å². The summed E-state index contributed by atoms with van der Waals surface area (Å²) in [4.78, 5) is 24.6. The van der Waals surface area contributed by atoms with Gasteiger partial charge in [0.25, 0.3) is 0 Å². The molecule has 9 heteroatoms. The van der Waals surface area contributed by atoms with Crippen molar-refractivity contribution in [1.82, 2.24) is 10.2 Å². The molecule has 1 aliphatic heterocycles. The first-order valence-electron chi connectivity index (χ1n) is 8.69. The Kier molecular flexibility index (Phi) is 5.05. The molecule has 1 aromatic carbocycles. The Hall–Kier alpha value is -2.32. The third-order valence-electron chi connectivity index (χ3n) is 5.26. The number of benzene rings is 1. The van der Waals surface area contributed by atoms with Crippen LogP contribution in [-0.2, 0) is 4.79 Å². The average molecular weight is 388 g/mol. The zero-order valence-electron chi connectivity index (χ0n) is 14.6. The smallest absolute Gasteiger partial charge is 0.394 e. The number of nitrogens with zero attached hydrogens (tertiary/aromatic N) is 1. The van der Waals surface area contributed by atoms with Crippen LogP contribution in [0.15, 0.2) is 18.2 Å². The number of hydrogen-bond acceptors (Lipinski definition) is 2. The van der Waals surface area contributed by atoms with Gasteiger partial charge in [0.2, 0.25) is 0 Å². The lowest BCUT2D eigenvalue weighted by molar-refractivity contribution is -0.187. The number of carbonyl (C=O) groups is 2. The third-order valence-corrected chi connectivity index (χ3v) is 5.26. The molecule has 0 aromatic heterocycles. The number of likely N-dealkylation sites (tertiary alicyclic amines) is 1. The monoisotopic (exact) mass is 388 g/mol. The molecule has 2 amide bonds. The Morgan fingerprint density at radius 1 is 1.26 bits per heavy atom. The van der Waals surface area contributed by atoms with Crippen molar-refractivity contribution < 1.29 is 32.3 Å². The van der Waals surface area contributed by atoms with Crippen LogP contribution in [0.4, 0.5) is 22.4 Å². The highest BCUT2D eigenvalue weighted by Crippen LogP contribution is 2.42. The summed E-state index contributed by atoms with van der Waals surface area (Å²) in [7, 11) is 0. The molecule has 3 rings (SSSR count). The number of rotatable bonds is 4. The molecule has 1 aliphatic carbocycles. The van der Waals surface area contributed by atoms with Crippen LogP contribution in [0, 0.1) is 30.5 Å². The van der Waals surface area contributed by atoms with Crippen LogP contribution in [0.3, 0.4) is 0 Å². The molecule has 27 heavy (non-hydrogen) atoms. The quantitative estimate of drug-likeness (QED) is 0.776. The first kappa shape index (κ1) is 19.4. The van der Waals surface area contributed by atoms with E-state index >= 15 is 0 Å². The Morgan fingerprint density at radius 3 is 2.41 bits per heavy atom. The van der Waals surface area contributed by atoms with Crippen LogP contribution >= 0.6 is 0 Å². The van der Waals surface area contributed by atoms with Crippen molar-refractivity contribution in [1.29, 1.82) is 0 Å². The molecular formula is C18H20F4N2O3. The number of carboxylic acids is 1. The molecule has 2 N–H and O–H groups in total. The second-order valence-corrected chi connectivity index (χ2v) is 7.27. The lowest BCUT2D eigenvalue weighted by atomic mass is 9.96. The maximum Gasteiger partial charge on any atom is 0.394 e. The van der Waals surface area contributed by atoms with Gasteiger partial charge in [0, 0.05) is 13.1 Å². The number of halogens is 4. The summed E-state index contributed by atoms with van der Waals surface area (Å²) in [6.07, 6.45) is -2.99. The van der Waals surface area contributed by atoms with E-state index in [2.05, 4.69) is 5.32 Å². The fourth-order valence-electron chi connectivity index (χ4n) is 3.54. The minimum Gasteiger partial charge on any atom is -0.481 e. The summed E-state index contributed by atoms with van der Waals surface area (Å²) >= 11 is 0. The van der Waals surface area contributed by atoms with E-state index in [-0.39, 0.29) is 11.7 Å². The van der Waals surface area contributed by atoms with Crippen LogP contribution in [0.1, 0.15) is 30.0 Å². The van der Waals surface area contributed by atoms with Crippen molar-refractivity contribution in [3.8, 4) is 0 Å². The van der Waals surface area contributed by atoms with E-state index in [1.54, 1.807) is 19.1 Å². The largest absolute Gasteiger partial charge is 0.481 e. The summed E-state index contributed by atoms with van der Waals surface area (Å²) in [6, 6.07) is 3.29. The zero-order valence-corrected chi connectivity index (χ0v) is 14.6. The number of aryl methyl sites for hydroxylation is 1. The predicted octanol–water partition coefficient (Wildman–Crippen LogP) is 3.49. The second kappa shape index (κ2) is 7.01. The summed E-state index contributed by atoms with van der Waals surface area (Å²) < 4.78 is 52.8. The molecule has 2 aliphatic rings. The van der Waals surface area contributed by atoms with E-state index in [0.29, 0.717) is 11.1 Å². The third kappa shape index (κ3) is 4.17. The van der Waals surface area contributed by atoms with Crippen molar-refractivity contribution in [3.63, 3.8) is 0 Å². The molecule has 1 unspecified atom stereocenters. The number of aliphatic carboxylic acids is 1. The predicted molar refractivity (Wildman–Crippen MR) is 87.4 cm³/mol. The van der Waals surface area contributed by atoms with Crippen molar-refractivity contribution >= 4 is 12.0 Å². The van der Waals surface area contributed by atoms with Gasteiger partial charge < -0.3 is 15.3 Å². The van der Waals surface area contributed by atoms with E-state index < -0.39 is 49.1 Å². The molecular weight excluding hydrogens is 368 g/mol.